The molecule has 1 aliphatic heterocycles. The third kappa shape index (κ3) is 3.51. The highest BCUT2D eigenvalue weighted by Gasteiger charge is 2.26. The molecule has 1 amide bonds. The van der Waals surface area contributed by atoms with Crippen molar-refractivity contribution in [1.29, 1.82) is 0 Å². The van der Waals surface area contributed by atoms with Crippen LogP contribution in [0.2, 0.25) is 4.34 Å². The van der Waals surface area contributed by atoms with Crippen molar-refractivity contribution in [2.75, 3.05) is 13.1 Å². The number of nitrogens with zero attached hydrogens (tertiary/aromatic N) is 3. The Hall–Kier alpha value is -1.66. The smallest absolute Gasteiger partial charge is 0.264 e. The summed E-state index contributed by atoms with van der Waals surface area (Å²) in [4.78, 5) is 22.8. The molecule has 1 aliphatic rings. The van der Waals surface area contributed by atoms with Gasteiger partial charge >= 0.3 is 0 Å². The highest BCUT2D eigenvalue weighted by molar-refractivity contribution is 7.17. The maximum atomic E-state index is 12.4. The van der Waals surface area contributed by atoms with E-state index in [2.05, 4.69) is 9.97 Å². The molecule has 0 radical (unpaired) electrons. The molecule has 3 rings (SSSR count). The lowest BCUT2D eigenvalue weighted by molar-refractivity contribution is 0.0531. The van der Waals surface area contributed by atoms with Gasteiger partial charge in [0.1, 0.15) is 12.4 Å². The highest BCUT2D eigenvalue weighted by atomic mass is 35.5. The summed E-state index contributed by atoms with van der Waals surface area (Å²) in [5, 5.41) is 0. The third-order valence-corrected chi connectivity index (χ3v) is 4.51. The molecule has 0 saturated carbocycles. The fourth-order valence-electron chi connectivity index (χ4n) is 2.32. The van der Waals surface area contributed by atoms with E-state index < -0.39 is 0 Å². The predicted octanol–water partition coefficient (Wildman–Crippen LogP) is 2.88. The van der Waals surface area contributed by atoms with Gasteiger partial charge in [-0.2, -0.15) is 0 Å². The van der Waals surface area contributed by atoms with Crippen LogP contribution in [0.15, 0.2) is 30.7 Å². The lowest BCUT2D eigenvalue weighted by Crippen LogP contribution is -2.44. The van der Waals surface area contributed by atoms with Gasteiger partial charge in [0.05, 0.1) is 15.8 Å². The number of aromatic nitrogens is 2. The van der Waals surface area contributed by atoms with Gasteiger partial charge in [0, 0.05) is 18.8 Å². The number of carbonyl (C=O) groups is 1. The molecule has 7 heteroatoms. The fraction of sp³-hybridized carbons (Fsp3) is 0.357. The molecule has 1 saturated heterocycles. The number of thiophene rings is 1. The van der Waals surface area contributed by atoms with Gasteiger partial charge in [0.15, 0.2) is 0 Å². The molecule has 21 heavy (non-hydrogen) atoms. The van der Waals surface area contributed by atoms with Crippen molar-refractivity contribution in [3.05, 3.63) is 39.9 Å². The first-order chi connectivity index (χ1) is 10.2. The van der Waals surface area contributed by atoms with Crippen LogP contribution in [-0.2, 0) is 0 Å². The Labute approximate surface area is 131 Å². The Morgan fingerprint density at radius 3 is 3.05 bits per heavy atom. The molecule has 0 unspecified atom stereocenters. The molecule has 0 aliphatic carbocycles. The van der Waals surface area contributed by atoms with Crippen LogP contribution in [0, 0.1) is 0 Å². The fourth-order valence-corrected chi connectivity index (χ4v) is 3.33. The molecule has 1 fully saturated rings. The molecule has 0 aromatic carbocycles. The summed E-state index contributed by atoms with van der Waals surface area (Å²) >= 11 is 7.20. The Bertz CT molecular complexity index is 620. The van der Waals surface area contributed by atoms with Gasteiger partial charge in [-0.25, -0.2) is 9.97 Å². The second-order valence-electron chi connectivity index (χ2n) is 4.78. The maximum absolute atomic E-state index is 12.4. The minimum Gasteiger partial charge on any atom is -0.472 e. The van der Waals surface area contributed by atoms with Gasteiger partial charge in [0.2, 0.25) is 5.88 Å². The summed E-state index contributed by atoms with van der Waals surface area (Å²) < 4.78 is 6.44. The average molecular weight is 324 g/mol. The molecule has 0 N–H and O–H groups in total. The summed E-state index contributed by atoms with van der Waals surface area (Å²) in [6, 6.07) is 5.24. The van der Waals surface area contributed by atoms with Crippen LogP contribution in [-0.4, -0.2) is 40.0 Å². The van der Waals surface area contributed by atoms with E-state index >= 15 is 0 Å². The van der Waals surface area contributed by atoms with Crippen LogP contribution in [0.3, 0.4) is 0 Å². The van der Waals surface area contributed by atoms with Crippen LogP contribution in [0.5, 0.6) is 5.88 Å². The van der Waals surface area contributed by atoms with Crippen LogP contribution in [0.25, 0.3) is 0 Å². The summed E-state index contributed by atoms with van der Waals surface area (Å²) in [5.41, 5.74) is 0. The van der Waals surface area contributed by atoms with E-state index in [9.17, 15) is 4.79 Å². The van der Waals surface area contributed by atoms with Crippen molar-refractivity contribution < 1.29 is 9.53 Å². The molecular weight excluding hydrogens is 310 g/mol. The number of ether oxygens (including phenoxy) is 1. The molecule has 0 spiro atoms. The van der Waals surface area contributed by atoms with Crippen LogP contribution < -0.4 is 4.74 Å². The van der Waals surface area contributed by atoms with Crippen molar-refractivity contribution in [2.45, 2.75) is 18.9 Å². The zero-order chi connectivity index (χ0) is 14.7. The molecule has 5 nitrogen and oxygen atoms in total. The van der Waals surface area contributed by atoms with Crippen molar-refractivity contribution in [3.8, 4) is 5.88 Å². The van der Waals surface area contributed by atoms with Gasteiger partial charge in [-0.1, -0.05) is 11.6 Å². The Kier molecular flexibility index (Phi) is 4.36. The minimum atomic E-state index is -0.0342. The molecule has 0 bridgehead atoms. The number of likely N-dealkylation sites (tertiary alicyclic amines) is 1. The molecule has 110 valence electrons. The number of carbonyl (C=O) groups excluding carboxylic acids is 1. The predicted molar refractivity (Wildman–Crippen MR) is 80.9 cm³/mol. The summed E-state index contributed by atoms with van der Waals surface area (Å²) in [5.74, 6) is 0.561. The number of piperidine rings is 1. The summed E-state index contributed by atoms with van der Waals surface area (Å²) in [7, 11) is 0. The van der Waals surface area contributed by atoms with Crippen molar-refractivity contribution >= 4 is 28.8 Å². The standard InChI is InChI=1S/C14H14ClN3O2S/c15-12-4-3-11(21-12)14(19)18-7-1-2-10(8-18)20-13-5-6-16-9-17-13/h3-6,9-10H,1-2,7-8H2/t10-/m0/s1. The Morgan fingerprint density at radius 2 is 2.33 bits per heavy atom. The second kappa shape index (κ2) is 6.41. The Morgan fingerprint density at radius 1 is 1.43 bits per heavy atom. The van der Waals surface area contributed by atoms with E-state index in [1.165, 1.54) is 17.7 Å². The topological polar surface area (TPSA) is 55.3 Å². The first-order valence-corrected chi connectivity index (χ1v) is 7.89. The zero-order valence-corrected chi connectivity index (χ0v) is 12.8. The largest absolute Gasteiger partial charge is 0.472 e. The maximum Gasteiger partial charge on any atom is 0.264 e. The average Bonchev–Trinajstić information content (AvgIpc) is 2.94. The van der Waals surface area contributed by atoms with E-state index in [0.717, 1.165) is 19.4 Å². The third-order valence-electron chi connectivity index (χ3n) is 3.29. The first-order valence-electron chi connectivity index (χ1n) is 6.69. The summed E-state index contributed by atoms with van der Waals surface area (Å²) in [6.07, 6.45) is 4.89. The molecule has 2 aromatic rings. The van der Waals surface area contributed by atoms with E-state index in [-0.39, 0.29) is 12.0 Å². The molecule has 2 aromatic heterocycles. The molecular formula is C14H14ClN3O2S. The normalized spacial score (nSPS) is 18.5. The van der Waals surface area contributed by atoms with Crippen molar-refractivity contribution in [2.24, 2.45) is 0 Å². The minimum absolute atomic E-state index is 0.0166. The van der Waals surface area contributed by atoms with E-state index in [0.29, 0.717) is 21.6 Å². The number of hydrogen-bond acceptors (Lipinski definition) is 5. The number of amides is 1. The zero-order valence-electron chi connectivity index (χ0n) is 11.2. The second-order valence-corrected chi connectivity index (χ2v) is 6.50. The quantitative estimate of drug-likeness (QED) is 0.871. The lowest BCUT2D eigenvalue weighted by atomic mass is 10.1. The highest BCUT2D eigenvalue weighted by Crippen LogP contribution is 2.24. The van der Waals surface area contributed by atoms with E-state index in [4.69, 9.17) is 16.3 Å². The molecule has 3 heterocycles. The van der Waals surface area contributed by atoms with Crippen molar-refractivity contribution in [3.63, 3.8) is 0 Å². The van der Waals surface area contributed by atoms with Crippen LogP contribution >= 0.6 is 22.9 Å². The summed E-state index contributed by atoms with van der Waals surface area (Å²) in [6.45, 7) is 1.32. The number of rotatable bonds is 3. The first kappa shape index (κ1) is 14.3. The van der Waals surface area contributed by atoms with Gasteiger partial charge in [-0.3, -0.25) is 4.79 Å². The van der Waals surface area contributed by atoms with Gasteiger partial charge in [0.25, 0.3) is 5.91 Å². The van der Waals surface area contributed by atoms with E-state index in [1.807, 2.05) is 4.90 Å². The van der Waals surface area contributed by atoms with Crippen LogP contribution in [0.1, 0.15) is 22.5 Å². The Balaban J connectivity index is 1.64. The van der Waals surface area contributed by atoms with Crippen molar-refractivity contribution in [1.82, 2.24) is 14.9 Å². The number of halogens is 1. The van der Waals surface area contributed by atoms with Crippen LogP contribution in [0.4, 0.5) is 0 Å². The molecule has 1 atom stereocenters. The van der Waals surface area contributed by atoms with E-state index in [1.54, 1.807) is 24.4 Å². The lowest BCUT2D eigenvalue weighted by Gasteiger charge is -2.32. The number of hydrogen-bond donors (Lipinski definition) is 0. The van der Waals surface area contributed by atoms with Gasteiger partial charge < -0.3 is 9.64 Å². The van der Waals surface area contributed by atoms with Gasteiger partial charge in [-0.05, 0) is 25.0 Å². The monoisotopic (exact) mass is 323 g/mol. The van der Waals surface area contributed by atoms with Gasteiger partial charge in [-0.15, -0.1) is 11.3 Å². The SMILES string of the molecule is O=C(c1ccc(Cl)s1)N1CCC[C@H](Oc2ccncn2)C1.